The molecule has 4 amide bonds. The molecule has 3 aromatic carbocycles. The second kappa shape index (κ2) is 10.5. The number of barbiturate groups is 1. The van der Waals surface area contributed by atoms with Gasteiger partial charge in [-0.25, -0.2) is 18.9 Å². The molecule has 1 aliphatic heterocycles. The Balaban J connectivity index is 1.59. The van der Waals surface area contributed by atoms with Crippen molar-refractivity contribution in [3.63, 3.8) is 0 Å². The number of halogens is 2. The summed E-state index contributed by atoms with van der Waals surface area (Å²) in [6, 6.07) is 16.0. The Hall–Kier alpha value is -4.30. The van der Waals surface area contributed by atoms with Crippen LogP contribution in [0.15, 0.2) is 72.3 Å². The molecule has 0 radical (unpaired) electrons. The molecule has 0 unspecified atom stereocenters. The first-order chi connectivity index (χ1) is 17.3. The largest absolute Gasteiger partial charge is 0.462 e. The van der Waals surface area contributed by atoms with Crippen LogP contribution in [-0.4, -0.2) is 30.4 Å². The van der Waals surface area contributed by atoms with Crippen LogP contribution in [0.1, 0.15) is 34.0 Å². The number of ether oxygens (including phenoxy) is 1. The Bertz CT molecular complexity index is 1400. The first-order valence-corrected chi connectivity index (χ1v) is 11.4. The summed E-state index contributed by atoms with van der Waals surface area (Å²) in [5.74, 6) is -2.57. The fourth-order valence-corrected chi connectivity index (χ4v) is 3.92. The minimum Gasteiger partial charge on any atom is -0.462 e. The topological polar surface area (TPSA) is 92.8 Å². The molecule has 36 heavy (non-hydrogen) atoms. The van der Waals surface area contributed by atoms with Gasteiger partial charge in [0, 0.05) is 11.4 Å². The number of esters is 1. The summed E-state index contributed by atoms with van der Waals surface area (Å²) in [7, 11) is 0. The number of anilines is 1. The first kappa shape index (κ1) is 24.8. The van der Waals surface area contributed by atoms with Crippen molar-refractivity contribution in [2.75, 3.05) is 11.5 Å². The Labute approximate surface area is 211 Å². The summed E-state index contributed by atoms with van der Waals surface area (Å²) in [5, 5.41) is 2.48. The van der Waals surface area contributed by atoms with Crippen molar-refractivity contribution < 1.29 is 28.3 Å². The number of hydrogen-bond acceptors (Lipinski definition) is 5. The van der Waals surface area contributed by atoms with Gasteiger partial charge in [0.15, 0.2) is 0 Å². The van der Waals surface area contributed by atoms with Crippen molar-refractivity contribution in [3.8, 4) is 0 Å². The summed E-state index contributed by atoms with van der Waals surface area (Å²) >= 11 is 6.39. The summed E-state index contributed by atoms with van der Waals surface area (Å²) < 4.78 is 18.9. The lowest BCUT2D eigenvalue weighted by Gasteiger charge is -2.26. The van der Waals surface area contributed by atoms with E-state index in [4.69, 9.17) is 16.3 Å². The number of nitrogens with zero attached hydrogens (tertiary/aromatic N) is 1. The van der Waals surface area contributed by atoms with E-state index in [1.807, 2.05) is 0 Å². The number of amides is 4. The van der Waals surface area contributed by atoms with Gasteiger partial charge in [0.2, 0.25) is 0 Å². The fourth-order valence-electron chi connectivity index (χ4n) is 3.66. The van der Waals surface area contributed by atoms with Gasteiger partial charge in [-0.2, -0.15) is 0 Å². The normalized spacial score (nSPS) is 14.7. The molecule has 7 nitrogen and oxygen atoms in total. The number of carbonyl (C=O) groups is 4. The zero-order chi connectivity index (χ0) is 25.8. The number of hydrogen-bond donors (Lipinski definition) is 1. The third kappa shape index (κ3) is 5.18. The Morgan fingerprint density at radius 1 is 1.03 bits per heavy atom. The molecule has 1 heterocycles. The molecule has 0 saturated carbocycles. The predicted octanol–water partition coefficient (Wildman–Crippen LogP) is 4.91. The van der Waals surface area contributed by atoms with E-state index < -0.39 is 23.8 Å². The number of carbonyl (C=O) groups excluding carboxylic acids is 4. The van der Waals surface area contributed by atoms with Gasteiger partial charge in [-0.05, 0) is 66.1 Å². The monoisotopic (exact) mass is 506 g/mol. The van der Waals surface area contributed by atoms with Crippen LogP contribution in [0.3, 0.4) is 0 Å². The number of urea groups is 1. The van der Waals surface area contributed by atoms with E-state index in [0.717, 1.165) is 4.90 Å². The molecule has 9 heteroatoms. The maximum absolute atomic E-state index is 14.0. The lowest BCUT2D eigenvalue weighted by Crippen LogP contribution is -2.54. The fraction of sp³-hybridized carbons (Fsp3) is 0.111. The second-order valence-corrected chi connectivity index (χ2v) is 8.25. The van der Waals surface area contributed by atoms with Crippen LogP contribution < -0.4 is 10.2 Å². The van der Waals surface area contributed by atoms with Crippen molar-refractivity contribution in [1.29, 1.82) is 0 Å². The van der Waals surface area contributed by atoms with Gasteiger partial charge in [-0.1, -0.05) is 41.9 Å². The Morgan fingerprint density at radius 3 is 2.42 bits per heavy atom. The van der Waals surface area contributed by atoms with E-state index in [-0.39, 0.29) is 35.7 Å². The van der Waals surface area contributed by atoms with Crippen LogP contribution in [0.2, 0.25) is 5.02 Å². The van der Waals surface area contributed by atoms with Gasteiger partial charge >= 0.3 is 12.0 Å². The Kier molecular flexibility index (Phi) is 7.26. The van der Waals surface area contributed by atoms with Crippen molar-refractivity contribution in [2.24, 2.45) is 0 Å². The molecule has 1 N–H and O–H groups in total. The van der Waals surface area contributed by atoms with Crippen LogP contribution >= 0.6 is 11.6 Å². The summed E-state index contributed by atoms with van der Waals surface area (Å²) in [5.41, 5.74) is 1.74. The second-order valence-electron chi connectivity index (χ2n) is 7.84. The highest BCUT2D eigenvalue weighted by Gasteiger charge is 2.36. The standard InChI is InChI=1S/C27H20ClFN2O5/c1-2-36-26(34)17-9-11-20(12-10-17)31-25(33)21(24(32)30-27(31)35)13-16-7-8-18(22(28)14-16)15-19-5-3-4-6-23(19)29/h3-14H,2,15H2,1H3,(H,30,32,35)/b21-13+. The quantitative estimate of drug-likeness (QED) is 0.291. The molecule has 1 fully saturated rings. The number of imide groups is 2. The third-order valence-electron chi connectivity index (χ3n) is 5.47. The zero-order valence-electron chi connectivity index (χ0n) is 19.1. The van der Waals surface area contributed by atoms with Crippen molar-refractivity contribution >= 4 is 47.2 Å². The van der Waals surface area contributed by atoms with E-state index in [1.165, 1.54) is 36.4 Å². The van der Waals surface area contributed by atoms with Gasteiger partial charge in [-0.15, -0.1) is 0 Å². The summed E-state index contributed by atoms with van der Waals surface area (Å²) in [4.78, 5) is 50.7. The minimum atomic E-state index is -0.913. The number of nitrogens with one attached hydrogen (secondary N) is 1. The predicted molar refractivity (Wildman–Crippen MR) is 132 cm³/mol. The molecule has 0 aromatic heterocycles. The molecule has 1 aliphatic rings. The third-order valence-corrected chi connectivity index (χ3v) is 5.82. The number of rotatable bonds is 6. The maximum atomic E-state index is 14.0. The lowest BCUT2D eigenvalue weighted by atomic mass is 10.0. The highest BCUT2D eigenvalue weighted by atomic mass is 35.5. The molecule has 3 aromatic rings. The van der Waals surface area contributed by atoms with E-state index in [0.29, 0.717) is 21.7 Å². The van der Waals surface area contributed by atoms with E-state index in [9.17, 15) is 23.6 Å². The molecule has 0 bridgehead atoms. The molecule has 1 saturated heterocycles. The van der Waals surface area contributed by atoms with Crippen LogP contribution in [0.4, 0.5) is 14.9 Å². The Morgan fingerprint density at radius 2 is 1.75 bits per heavy atom. The zero-order valence-corrected chi connectivity index (χ0v) is 19.8. The lowest BCUT2D eigenvalue weighted by molar-refractivity contribution is -0.122. The smallest absolute Gasteiger partial charge is 0.338 e. The molecule has 4 rings (SSSR count). The van der Waals surface area contributed by atoms with Gasteiger partial charge < -0.3 is 4.74 Å². The highest BCUT2D eigenvalue weighted by Crippen LogP contribution is 2.26. The minimum absolute atomic E-state index is 0.169. The first-order valence-electron chi connectivity index (χ1n) is 11.0. The van der Waals surface area contributed by atoms with Gasteiger partial charge in [-0.3, -0.25) is 14.9 Å². The molecule has 0 aliphatic carbocycles. The van der Waals surface area contributed by atoms with E-state index >= 15 is 0 Å². The average molecular weight is 507 g/mol. The molecule has 0 spiro atoms. The average Bonchev–Trinajstić information content (AvgIpc) is 2.85. The van der Waals surface area contributed by atoms with E-state index in [2.05, 4.69) is 5.32 Å². The van der Waals surface area contributed by atoms with Gasteiger partial charge in [0.1, 0.15) is 11.4 Å². The maximum Gasteiger partial charge on any atom is 0.338 e. The molecular formula is C27H20ClFN2O5. The SMILES string of the molecule is CCOC(=O)c1ccc(N2C(=O)NC(=O)/C(=C\c3ccc(Cc4ccccc4F)c(Cl)c3)C2=O)cc1. The van der Waals surface area contributed by atoms with Crippen LogP contribution in [0.25, 0.3) is 6.08 Å². The molecule has 182 valence electrons. The molecule has 0 atom stereocenters. The van der Waals surface area contributed by atoms with Gasteiger partial charge in [0.25, 0.3) is 11.8 Å². The van der Waals surface area contributed by atoms with Crippen LogP contribution in [0.5, 0.6) is 0 Å². The van der Waals surface area contributed by atoms with Crippen molar-refractivity contribution in [1.82, 2.24) is 5.32 Å². The number of benzene rings is 3. The van der Waals surface area contributed by atoms with Crippen molar-refractivity contribution in [2.45, 2.75) is 13.3 Å². The summed E-state index contributed by atoms with van der Waals surface area (Å²) in [6.07, 6.45) is 1.59. The molecular weight excluding hydrogens is 487 g/mol. The highest BCUT2D eigenvalue weighted by molar-refractivity contribution is 6.39. The van der Waals surface area contributed by atoms with Crippen LogP contribution in [-0.2, 0) is 20.7 Å². The van der Waals surface area contributed by atoms with E-state index in [1.54, 1.807) is 43.3 Å². The van der Waals surface area contributed by atoms with Crippen molar-refractivity contribution in [3.05, 3.63) is 105 Å². The van der Waals surface area contributed by atoms with Crippen LogP contribution in [0, 0.1) is 5.82 Å². The summed E-state index contributed by atoms with van der Waals surface area (Å²) in [6.45, 7) is 1.88. The van der Waals surface area contributed by atoms with Gasteiger partial charge in [0.05, 0.1) is 17.9 Å².